The predicted molar refractivity (Wildman–Crippen MR) is 107 cm³/mol. The second-order valence-corrected chi connectivity index (χ2v) is 9.28. The van der Waals surface area contributed by atoms with Gasteiger partial charge in [0.1, 0.15) is 5.75 Å². The van der Waals surface area contributed by atoms with E-state index in [0.29, 0.717) is 11.6 Å². The van der Waals surface area contributed by atoms with Gasteiger partial charge in [0.05, 0.1) is 12.5 Å². The first kappa shape index (κ1) is 21.2. The number of likely N-dealkylation sites (tertiary alicyclic amines) is 1. The maximum absolute atomic E-state index is 11.7. The molecule has 3 atom stereocenters. The molecule has 0 bridgehead atoms. The van der Waals surface area contributed by atoms with Crippen LogP contribution in [0.2, 0.25) is 5.02 Å². The predicted octanol–water partition coefficient (Wildman–Crippen LogP) is 6.23. The second kappa shape index (κ2) is 7.85. The third-order valence-corrected chi connectivity index (χ3v) is 6.07. The summed E-state index contributed by atoms with van der Waals surface area (Å²) in [6.07, 6.45) is 0.629. The van der Waals surface area contributed by atoms with Crippen molar-refractivity contribution in [2.45, 2.75) is 64.8 Å². The first-order valence-electron chi connectivity index (χ1n) is 8.99. The van der Waals surface area contributed by atoms with Gasteiger partial charge in [-0.25, -0.2) is 4.79 Å². The standard InChI is InChI=1S/C20H29Cl2NO3/c1-11-15(22)10-14(12(2)21)18(26-6)17(11)13-7-8-23(19(24)25)16(9-13)20(3,4)5/h10,12-13,16H,7-9H2,1-6H3,(H,24,25). The minimum absolute atomic E-state index is 0.0706. The summed E-state index contributed by atoms with van der Waals surface area (Å²) < 4.78 is 5.75. The number of benzene rings is 1. The molecule has 0 saturated carbocycles. The Morgan fingerprint density at radius 1 is 1.42 bits per heavy atom. The van der Waals surface area contributed by atoms with E-state index in [0.717, 1.165) is 35.3 Å². The largest absolute Gasteiger partial charge is 0.496 e. The fraction of sp³-hybridized carbons (Fsp3) is 0.650. The molecule has 2 rings (SSSR count). The summed E-state index contributed by atoms with van der Waals surface area (Å²) in [5.41, 5.74) is 2.79. The summed E-state index contributed by atoms with van der Waals surface area (Å²) >= 11 is 12.9. The van der Waals surface area contributed by atoms with E-state index >= 15 is 0 Å². The van der Waals surface area contributed by atoms with E-state index in [9.17, 15) is 9.90 Å². The lowest BCUT2D eigenvalue weighted by molar-refractivity contribution is 0.0522. The van der Waals surface area contributed by atoms with Gasteiger partial charge < -0.3 is 14.7 Å². The van der Waals surface area contributed by atoms with Crippen LogP contribution in [-0.4, -0.2) is 35.8 Å². The van der Waals surface area contributed by atoms with Crippen LogP contribution in [-0.2, 0) is 0 Å². The van der Waals surface area contributed by atoms with Crippen molar-refractivity contribution in [2.75, 3.05) is 13.7 Å². The highest BCUT2D eigenvalue weighted by Crippen LogP contribution is 2.47. The van der Waals surface area contributed by atoms with Gasteiger partial charge in [-0.1, -0.05) is 32.4 Å². The molecule has 26 heavy (non-hydrogen) atoms. The molecule has 1 aliphatic heterocycles. The molecule has 0 spiro atoms. The van der Waals surface area contributed by atoms with Gasteiger partial charge in [0.15, 0.2) is 0 Å². The van der Waals surface area contributed by atoms with E-state index in [2.05, 4.69) is 20.8 Å². The zero-order chi connectivity index (χ0) is 19.8. The first-order valence-corrected chi connectivity index (χ1v) is 9.81. The average Bonchev–Trinajstić information content (AvgIpc) is 2.55. The summed E-state index contributed by atoms with van der Waals surface area (Å²) in [4.78, 5) is 13.3. The third-order valence-electron chi connectivity index (χ3n) is 5.44. The lowest BCUT2D eigenvalue weighted by Gasteiger charge is -2.45. The van der Waals surface area contributed by atoms with Gasteiger partial charge in [0, 0.05) is 28.7 Å². The topological polar surface area (TPSA) is 49.8 Å². The molecule has 0 radical (unpaired) electrons. The number of halogens is 2. The van der Waals surface area contributed by atoms with E-state index in [1.54, 1.807) is 12.0 Å². The fourth-order valence-corrected chi connectivity index (χ4v) is 4.44. The monoisotopic (exact) mass is 401 g/mol. The Balaban J connectivity index is 2.53. The van der Waals surface area contributed by atoms with Gasteiger partial charge in [0.2, 0.25) is 0 Å². The third kappa shape index (κ3) is 4.07. The van der Waals surface area contributed by atoms with Crippen molar-refractivity contribution in [3.8, 4) is 5.75 Å². The maximum atomic E-state index is 11.7. The van der Waals surface area contributed by atoms with Crippen LogP contribution in [0.15, 0.2) is 6.07 Å². The van der Waals surface area contributed by atoms with Crippen molar-refractivity contribution >= 4 is 29.3 Å². The molecule has 1 saturated heterocycles. The van der Waals surface area contributed by atoms with E-state index in [4.69, 9.17) is 27.9 Å². The van der Waals surface area contributed by atoms with Crippen LogP contribution in [0.5, 0.6) is 5.75 Å². The molecule has 1 amide bonds. The zero-order valence-electron chi connectivity index (χ0n) is 16.4. The molecule has 4 nitrogen and oxygen atoms in total. The number of carboxylic acid groups (broad SMARTS) is 1. The molecular formula is C20H29Cl2NO3. The van der Waals surface area contributed by atoms with Crippen LogP contribution in [0, 0.1) is 12.3 Å². The minimum Gasteiger partial charge on any atom is -0.496 e. The number of ether oxygens (including phenoxy) is 1. The summed E-state index contributed by atoms with van der Waals surface area (Å²) in [7, 11) is 1.66. The number of piperidine rings is 1. The van der Waals surface area contributed by atoms with Crippen molar-refractivity contribution in [1.29, 1.82) is 0 Å². The highest BCUT2D eigenvalue weighted by Gasteiger charge is 2.40. The highest BCUT2D eigenvalue weighted by atomic mass is 35.5. The van der Waals surface area contributed by atoms with Crippen molar-refractivity contribution < 1.29 is 14.6 Å². The van der Waals surface area contributed by atoms with Crippen LogP contribution in [0.1, 0.15) is 68.5 Å². The van der Waals surface area contributed by atoms with E-state index in [1.165, 1.54) is 0 Å². The molecule has 3 unspecified atom stereocenters. The zero-order valence-corrected chi connectivity index (χ0v) is 17.9. The molecule has 0 aliphatic carbocycles. The molecule has 1 aromatic carbocycles. The van der Waals surface area contributed by atoms with Gasteiger partial charge >= 0.3 is 6.09 Å². The van der Waals surface area contributed by atoms with E-state index in [1.807, 2.05) is 19.9 Å². The van der Waals surface area contributed by atoms with Crippen LogP contribution in [0.25, 0.3) is 0 Å². The number of methoxy groups -OCH3 is 1. The summed E-state index contributed by atoms with van der Waals surface area (Å²) in [6, 6.07) is 1.81. The molecule has 1 N–H and O–H groups in total. The number of carbonyl (C=O) groups is 1. The highest BCUT2D eigenvalue weighted by molar-refractivity contribution is 6.31. The Kier molecular flexibility index (Phi) is 6.40. The lowest BCUT2D eigenvalue weighted by Crippen LogP contribution is -2.51. The SMILES string of the molecule is COc1c(C(C)Cl)cc(Cl)c(C)c1C1CCN(C(=O)O)C(C(C)(C)C)C1. The van der Waals surface area contributed by atoms with Crippen LogP contribution in [0.4, 0.5) is 4.79 Å². The normalized spacial score (nSPS) is 22.2. The Bertz CT molecular complexity index is 683. The molecule has 0 aromatic heterocycles. The van der Waals surface area contributed by atoms with Crippen molar-refractivity contribution in [2.24, 2.45) is 5.41 Å². The van der Waals surface area contributed by atoms with Gasteiger partial charge in [-0.05, 0) is 49.7 Å². The molecule has 146 valence electrons. The van der Waals surface area contributed by atoms with Gasteiger partial charge in [-0.15, -0.1) is 11.6 Å². The lowest BCUT2D eigenvalue weighted by atomic mass is 9.74. The molecule has 1 heterocycles. The van der Waals surface area contributed by atoms with Gasteiger partial charge in [-0.3, -0.25) is 0 Å². The minimum atomic E-state index is -0.853. The van der Waals surface area contributed by atoms with Crippen LogP contribution in [0.3, 0.4) is 0 Å². The smallest absolute Gasteiger partial charge is 0.407 e. The van der Waals surface area contributed by atoms with E-state index in [-0.39, 0.29) is 22.8 Å². The van der Waals surface area contributed by atoms with Gasteiger partial charge in [-0.2, -0.15) is 0 Å². The number of amides is 1. The van der Waals surface area contributed by atoms with Crippen molar-refractivity contribution in [3.05, 3.63) is 27.8 Å². The Morgan fingerprint density at radius 3 is 2.50 bits per heavy atom. The van der Waals surface area contributed by atoms with Crippen LogP contribution >= 0.6 is 23.2 Å². The fourth-order valence-electron chi connectivity index (χ4n) is 4.06. The molecule has 1 aromatic rings. The number of alkyl halides is 1. The molecular weight excluding hydrogens is 373 g/mol. The maximum Gasteiger partial charge on any atom is 0.407 e. The second-order valence-electron chi connectivity index (χ2n) is 8.21. The Hall–Kier alpha value is -1.13. The Morgan fingerprint density at radius 2 is 2.04 bits per heavy atom. The first-order chi connectivity index (χ1) is 12.0. The van der Waals surface area contributed by atoms with E-state index < -0.39 is 6.09 Å². The summed E-state index contributed by atoms with van der Waals surface area (Å²) in [6.45, 7) is 10.7. The van der Waals surface area contributed by atoms with Crippen LogP contribution < -0.4 is 4.74 Å². The van der Waals surface area contributed by atoms with Crippen molar-refractivity contribution in [1.82, 2.24) is 4.90 Å². The van der Waals surface area contributed by atoms with Crippen molar-refractivity contribution in [3.63, 3.8) is 0 Å². The Labute approximate surface area is 166 Å². The summed E-state index contributed by atoms with van der Waals surface area (Å²) in [5, 5.41) is 10.1. The molecule has 1 aliphatic rings. The number of hydrogen-bond donors (Lipinski definition) is 1. The summed E-state index contributed by atoms with van der Waals surface area (Å²) in [5.74, 6) is 0.966. The number of nitrogens with zero attached hydrogens (tertiary/aromatic N) is 1. The quantitative estimate of drug-likeness (QED) is 0.610. The number of rotatable bonds is 3. The number of hydrogen-bond acceptors (Lipinski definition) is 2. The molecule has 6 heteroatoms. The average molecular weight is 402 g/mol. The van der Waals surface area contributed by atoms with Gasteiger partial charge in [0.25, 0.3) is 0 Å². The molecule has 1 fully saturated rings.